The molecule has 1 fully saturated rings. The quantitative estimate of drug-likeness (QED) is 0.560. The molecule has 0 unspecified atom stereocenters. The van der Waals surface area contributed by atoms with Gasteiger partial charge in [0, 0.05) is 5.56 Å². The van der Waals surface area contributed by atoms with E-state index in [1.165, 1.54) is 31.2 Å². The third-order valence-electron chi connectivity index (χ3n) is 6.30. The SMILES string of the molecule is Cc1cc(-c2c3ccc(CC4CCCC4)cc3nc[n+]2C)c(C)c(C)c1F. The number of aryl methyl sites for hydroxylation is 2. The summed E-state index contributed by atoms with van der Waals surface area (Å²) in [6, 6.07) is 8.68. The van der Waals surface area contributed by atoms with Gasteiger partial charge in [0.15, 0.2) is 5.52 Å². The fourth-order valence-corrected chi connectivity index (χ4v) is 4.59. The Morgan fingerprint density at radius 1 is 1.07 bits per heavy atom. The van der Waals surface area contributed by atoms with Crippen molar-refractivity contribution in [2.45, 2.75) is 52.9 Å². The Labute approximate surface area is 161 Å². The average Bonchev–Trinajstić information content (AvgIpc) is 3.16. The monoisotopic (exact) mass is 363 g/mol. The minimum absolute atomic E-state index is 0.101. The predicted molar refractivity (Wildman–Crippen MR) is 108 cm³/mol. The number of rotatable bonds is 3. The van der Waals surface area contributed by atoms with Crippen molar-refractivity contribution in [2.75, 3.05) is 0 Å². The lowest BCUT2D eigenvalue weighted by atomic mass is 9.93. The van der Waals surface area contributed by atoms with E-state index in [1.807, 2.05) is 40.2 Å². The Kier molecular flexibility index (Phi) is 4.71. The molecule has 0 aliphatic heterocycles. The van der Waals surface area contributed by atoms with Gasteiger partial charge in [-0.3, -0.25) is 0 Å². The average molecular weight is 364 g/mol. The highest BCUT2D eigenvalue weighted by molar-refractivity contribution is 5.92. The van der Waals surface area contributed by atoms with Crippen LogP contribution in [0.2, 0.25) is 0 Å². The van der Waals surface area contributed by atoms with Gasteiger partial charge in [0.2, 0.25) is 0 Å². The molecule has 1 aromatic heterocycles. The molecule has 27 heavy (non-hydrogen) atoms. The van der Waals surface area contributed by atoms with Crippen molar-refractivity contribution in [2.24, 2.45) is 13.0 Å². The lowest BCUT2D eigenvalue weighted by Gasteiger charge is -2.14. The van der Waals surface area contributed by atoms with Gasteiger partial charge in [0.1, 0.15) is 11.5 Å². The molecule has 0 spiro atoms. The molecular formula is C24H28FN2+. The van der Waals surface area contributed by atoms with Crippen molar-refractivity contribution < 1.29 is 8.96 Å². The van der Waals surface area contributed by atoms with Crippen molar-refractivity contribution in [3.63, 3.8) is 0 Å². The Morgan fingerprint density at radius 3 is 2.56 bits per heavy atom. The zero-order valence-corrected chi connectivity index (χ0v) is 16.8. The van der Waals surface area contributed by atoms with Gasteiger partial charge in [0.25, 0.3) is 6.33 Å². The van der Waals surface area contributed by atoms with Crippen LogP contribution in [0.5, 0.6) is 0 Å². The maximum Gasteiger partial charge on any atom is 0.287 e. The number of hydrogen-bond acceptors (Lipinski definition) is 1. The number of nitrogens with zero attached hydrogens (tertiary/aromatic N) is 2. The van der Waals surface area contributed by atoms with E-state index >= 15 is 0 Å². The van der Waals surface area contributed by atoms with E-state index in [9.17, 15) is 4.39 Å². The van der Waals surface area contributed by atoms with E-state index in [4.69, 9.17) is 0 Å². The fourth-order valence-electron chi connectivity index (χ4n) is 4.59. The van der Waals surface area contributed by atoms with E-state index in [0.717, 1.165) is 45.6 Å². The molecule has 4 rings (SSSR count). The fraction of sp³-hybridized carbons (Fsp3) is 0.417. The summed E-state index contributed by atoms with van der Waals surface area (Å²) in [4.78, 5) is 4.68. The largest absolute Gasteiger partial charge is 0.287 e. The number of aromatic nitrogens is 2. The summed E-state index contributed by atoms with van der Waals surface area (Å²) in [5, 5.41) is 1.13. The topological polar surface area (TPSA) is 16.8 Å². The van der Waals surface area contributed by atoms with E-state index in [2.05, 4.69) is 27.8 Å². The van der Waals surface area contributed by atoms with E-state index in [1.54, 1.807) is 0 Å². The Morgan fingerprint density at radius 2 is 1.81 bits per heavy atom. The lowest BCUT2D eigenvalue weighted by molar-refractivity contribution is -0.662. The van der Waals surface area contributed by atoms with Crippen LogP contribution in [0.4, 0.5) is 4.39 Å². The van der Waals surface area contributed by atoms with E-state index < -0.39 is 0 Å². The van der Waals surface area contributed by atoms with Crippen LogP contribution in [0.1, 0.15) is 47.9 Å². The van der Waals surface area contributed by atoms with Gasteiger partial charge in [-0.05, 0) is 78.5 Å². The molecule has 0 N–H and O–H groups in total. The third kappa shape index (κ3) is 3.24. The molecule has 0 bridgehead atoms. The lowest BCUT2D eigenvalue weighted by Crippen LogP contribution is -2.32. The Hall–Kier alpha value is -2.29. The van der Waals surface area contributed by atoms with Crippen molar-refractivity contribution >= 4 is 10.9 Å². The minimum atomic E-state index is -0.101. The molecule has 1 heterocycles. The molecule has 3 heteroatoms. The van der Waals surface area contributed by atoms with Crippen molar-refractivity contribution in [1.29, 1.82) is 0 Å². The van der Waals surface area contributed by atoms with Gasteiger partial charge in [-0.1, -0.05) is 31.7 Å². The predicted octanol–water partition coefficient (Wildman–Crippen LogP) is 5.52. The maximum absolute atomic E-state index is 14.3. The van der Waals surface area contributed by atoms with E-state index in [0.29, 0.717) is 5.56 Å². The first-order valence-electron chi connectivity index (χ1n) is 9.99. The number of halogens is 1. The second-order valence-electron chi connectivity index (χ2n) is 8.22. The van der Waals surface area contributed by atoms with Crippen molar-refractivity contribution in [1.82, 2.24) is 4.98 Å². The molecule has 0 atom stereocenters. The molecular weight excluding hydrogens is 335 g/mol. The van der Waals surface area contributed by atoms with Crippen molar-refractivity contribution in [3.05, 3.63) is 58.7 Å². The van der Waals surface area contributed by atoms with Crippen molar-refractivity contribution in [3.8, 4) is 11.3 Å². The normalized spacial score (nSPS) is 15.0. The van der Waals surface area contributed by atoms with Crippen LogP contribution >= 0.6 is 0 Å². The Bertz CT molecular complexity index is 1020. The molecule has 1 saturated carbocycles. The summed E-state index contributed by atoms with van der Waals surface area (Å²) < 4.78 is 16.4. The standard InChI is InChI=1S/C24H28FN2/c1-15-11-21(16(2)17(3)23(15)25)24-20-10-9-19(12-18-7-5-6-8-18)13-22(20)26-14-27(24)4/h9-11,13-14,18H,5-8,12H2,1-4H3/q+1. The molecule has 0 amide bonds. The Balaban J connectivity index is 1.85. The van der Waals surface area contributed by atoms with Crippen LogP contribution in [0.3, 0.4) is 0 Å². The summed E-state index contributed by atoms with van der Waals surface area (Å²) in [7, 11) is 2.02. The van der Waals surface area contributed by atoms with Gasteiger partial charge >= 0.3 is 0 Å². The van der Waals surface area contributed by atoms with Gasteiger partial charge in [0.05, 0.1) is 12.4 Å². The molecule has 0 radical (unpaired) electrons. The first-order chi connectivity index (χ1) is 13.0. The minimum Gasteiger partial charge on any atom is -0.232 e. The summed E-state index contributed by atoms with van der Waals surface area (Å²) in [5.74, 6) is 0.725. The molecule has 2 aromatic carbocycles. The number of fused-ring (bicyclic) bond motifs is 1. The zero-order valence-electron chi connectivity index (χ0n) is 16.8. The van der Waals surface area contributed by atoms with Crippen LogP contribution in [0.25, 0.3) is 22.2 Å². The second kappa shape index (κ2) is 7.03. The molecule has 3 aromatic rings. The van der Waals surface area contributed by atoms with Crippen LogP contribution < -0.4 is 4.57 Å². The first-order valence-corrected chi connectivity index (χ1v) is 9.99. The molecule has 1 aliphatic carbocycles. The molecule has 140 valence electrons. The first kappa shape index (κ1) is 18.1. The zero-order chi connectivity index (χ0) is 19.1. The molecule has 0 saturated heterocycles. The van der Waals surface area contributed by atoms with E-state index in [-0.39, 0.29) is 5.82 Å². The van der Waals surface area contributed by atoms with Crippen LogP contribution in [0.15, 0.2) is 30.6 Å². The van der Waals surface area contributed by atoms with Gasteiger partial charge in [-0.15, -0.1) is 0 Å². The highest BCUT2D eigenvalue weighted by Gasteiger charge is 2.21. The van der Waals surface area contributed by atoms with Crippen LogP contribution in [-0.2, 0) is 13.5 Å². The maximum atomic E-state index is 14.3. The summed E-state index contributed by atoms with van der Waals surface area (Å²) in [6.07, 6.45) is 8.49. The van der Waals surface area contributed by atoms with Gasteiger partial charge in [-0.25, -0.2) is 8.96 Å². The van der Waals surface area contributed by atoms with Crippen LogP contribution in [-0.4, -0.2) is 4.98 Å². The van der Waals surface area contributed by atoms with Gasteiger partial charge in [-0.2, -0.15) is 0 Å². The summed E-state index contributed by atoms with van der Waals surface area (Å²) in [5.41, 5.74) is 7.02. The molecule has 1 aliphatic rings. The second-order valence-corrected chi connectivity index (χ2v) is 8.22. The van der Waals surface area contributed by atoms with Crippen LogP contribution in [0, 0.1) is 32.5 Å². The summed E-state index contributed by atoms with van der Waals surface area (Å²) in [6.45, 7) is 5.71. The number of hydrogen-bond donors (Lipinski definition) is 0. The summed E-state index contributed by atoms with van der Waals surface area (Å²) >= 11 is 0. The smallest absolute Gasteiger partial charge is 0.232 e. The highest BCUT2D eigenvalue weighted by Crippen LogP contribution is 2.33. The third-order valence-corrected chi connectivity index (χ3v) is 6.30. The molecule has 2 nitrogen and oxygen atoms in total. The van der Waals surface area contributed by atoms with Gasteiger partial charge < -0.3 is 0 Å². The highest BCUT2D eigenvalue weighted by atomic mass is 19.1. The number of benzene rings is 2.